The molecule has 0 fully saturated rings. The van der Waals surface area contributed by atoms with E-state index in [1.165, 1.54) is 22.3 Å². The smallest absolute Gasteiger partial charge is 0.122 e. The maximum absolute atomic E-state index is 5.37. The largest absolute Gasteiger partial charge is 0.496 e. The number of methoxy groups -OCH3 is 1. The highest BCUT2D eigenvalue weighted by atomic mass is 16.5. The molecule has 21 heavy (non-hydrogen) atoms. The number of rotatable bonds is 6. The molecule has 0 aliphatic rings. The second-order valence-electron chi connectivity index (χ2n) is 5.55. The van der Waals surface area contributed by atoms with Crippen molar-refractivity contribution in [3.63, 3.8) is 0 Å². The van der Waals surface area contributed by atoms with Crippen molar-refractivity contribution < 1.29 is 4.74 Å². The van der Waals surface area contributed by atoms with Crippen LogP contribution in [0.5, 0.6) is 5.75 Å². The number of aromatic nitrogens is 2. The molecule has 0 atom stereocenters. The summed E-state index contributed by atoms with van der Waals surface area (Å²) in [7, 11) is 3.86. The van der Waals surface area contributed by atoms with E-state index in [4.69, 9.17) is 4.74 Å². The highest BCUT2D eigenvalue weighted by molar-refractivity contribution is 5.43. The van der Waals surface area contributed by atoms with Gasteiger partial charge in [0.05, 0.1) is 13.3 Å². The Morgan fingerprint density at radius 2 is 1.95 bits per heavy atom. The van der Waals surface area contributed by atoms with Gasteiger partial charge in [-0.3, -0.25) is 9.58 Å². The Bertz CT molecular complexity index is 604. The van der Waals surface area contributed by atoms with Crippen molar-refractivity contribution in [2.75, 3.05) is 14.2 Å². The zero-order valence-corrected chi connectivity index (χ0v) is 13.7. The van der Waals surface area contributed by atoms with E-state index < -0.39 is 0 Å². The van der Waals surface area contributed by atoms with Crippen LogP contribution < -0.4 is 4.74 Å². The minimum atomic E-state index is 0.907. The van der Waals surface area contributed by atoms with E-state index in [0.717, 1.165) is 25.4 Å². The minimum absolute atomic E-state index is 0.907. The van der Waals surface area contributed by atoms with Crippen LogP contribution in [0, 0.1) is 13.8 Å². The quantitative estimate of drug-likeness (QED) is 0.817. The summed E-state index contributed by atoms with van der Waals surface area (Å²) in [6.07, 6.45) is 4.06. The van der Waals surface area contributed by atoms with Gasteiger partial charge in [-0.2, -0.15) is 5.10 Å². The first-order chi connectivity index (χ1) is 10.0. The number of hydrogen-bond acceptors (Lipinski definition) is 3. The zero-order chi connectivity index (χ0) is 15.4. The summed E-state index contributed by atoms with van der Waals surface area (Å²) < 4.78 is 7.34. The molecule has 0 saturated carbocycles. The van der Waals surface area contributed by atoms with Crippen LogP contribution in [0.4, 0.5) is 0 Å². The summed E-state index contributed by atoms with van der Waals surface area (Å²) in [5, 5.41) is 4.32. The molecule has 4 nitrogen and oxygen atoms in total. The van der Waals surface area contributed by atoms with Gasteiger partial charge in [-0.05, 0) is 50.6 Å². The molecule has 2 rings (SSSR count). The lowest BCUT2D eigenvalue weighted by Crippen LogP contribution is -2.18. The van der Waals surface area contributed by atoms with Crippen molar-refractivity contribution in [3.05, 3.63) is 46.8 Å². The van der Waals surface area contributed by atoms with E-state index in [0.29, 0.717) is 0 Å². The Morgan fingerprint density at radius 3 is 2.57 bits per heavy atom. The molecule has 0 unspecified atom stereocenters. The van der Waals surface area contributed by atoms with Crippen molar-refractivity contribution >= 4 is 0 Å². The summed E-state index contributed by atoms with van der Waals surface area (Å²) >= 11 is 0. The molecule has 0 bridgehead atoms. The van der Waals surface area contributed by atoms with E-state index in [1.807, 2.05) is 10.9 Å². The van der Waals surface area contributed by atoms with Gasteiger partial charge in [-0.1, -0.05) is 6.07 Å². The lowest BCUT2D eigenvalue weighted by atomic mass is 10.0. The average molecular weight is 287 g/mol. The van der Waals surface area contributed by atoms with E-state index in [9.17, 15) is 0 Å². The molecule has 0 spiro atoms. The molecule has 0 aliphatic heterocycles. The molecular weight excluding hydrogens is 262 g/mol. The Morgan fingerprint density at radius 1 is 1.19 bits per heavy atom. The third kappa shape index (κ3) is 3.64. The van der Waals surface area contributed by atoms with Crippen LogP contribution in [-0.4, -0.2) is 28.8 Å². The molecule has 0 N–H and O–H groups in total. The molecular formula is C17H25N3O. The number of ether oxygens (including phenoxy) is 1. The van der Waals surface area contributed by atoms with Crippen LogP contribution in [0.2, 0.25) is 0 Å². The molecule has 114 valence electrons. The highest BCUT2D eigenvalue weighted by Crippen LogP contribution is 2.24. The van der Waals surface area contributed by atoms with Crippen LogP contribution in [-0.2, 0) is 19.6 Å². The Labute approximate surface area is 127 Å². The fourth-order valence-corrected chi connectivity index (χ4v) is 2.56. The first-order valence-corrected chi connectivity index (χ1v) is 7.38. The normalized spacial score (nSPS) is 11.1. The SMILES string of the molecule is CCn1cc(CN(C)Cc2ccc(OC)c(C)c2C)cn1. The average Bonchev–Trinajstić information content (AvgIpc) is 2.91. The van der Waals surface area contributed by atoms with Crippen molar-refractivity contribution in [3.8, 4) is 5.75 Å². The fourth-order valence-electron chi connectivity index (χ4n) is 2.56. The van der Waals surface area contributed by atoms with Gasteiger partial charge in [-0.15, -0.1) is 0 Å². The van der Waals surface area contributed by atoms with Crippen molar-refractivity contribution in [1.82, 2.24) is 14.7 Å². The van der Waals surface area contributed by atoms with Gasteiger partial charge in [-0.25, -0.2) is 0 Å². The number of hydrogen-bond donors (Lipinski definition) is 0. The number of nitrogens with zero attached hydrogens (tertiary/aromatic N) is 3. The third-order valence-electron chi connectivity index (χ3n) is 3.97. The molecule has 1 aromatic heterocycles. The number of aryl methyl sites for hydroxylation is 1. The first kappa shape index (κ1) is 15.6. The fraction of sp³-hybridized carbons (Fsp3) is 0.471. The number of benzene rings is 1. The molecule has 0 aliphatic carbocycles. The Kier molecular flexibility index (Phi) is 5.02. The van der Waals surface area contributed by atoms with Crippen LogP contribution in [0.25, 0.3) is 0 Å². The van der Waals surface area contributed by atoms with Gasteiger partial charge >= 0.3 is 0 Å². The second kappa shape index (κ2) is 6.76. The van der Waals surface area contributed by atoms with Gasteiger partial charge in [0.25, 0.3) is 0 Å². The standard InChI is InChI=1S/C17H25N3O/c1-6-20-11-15(9-18-20)10-19(4)12-16-7-8-17(21-5)14(3)13(16)2/h7-9,11H,6,10,12H2,1-5H3. The highest BCUT2D eigenvalue weighted by Gasteiger charge is 2.09. The zero-order valence-electron chi connectivity index (χ0n) is 13.7. The molecule has 1 aromatic carbocycles. The monoisotopic (exact) mass is 287 g/mol. The maximum Gasteiger partial charge on any atom is 0.122 e. The van der Waals surface area contributed by atoms with Gasteiger partial charge in [0.2, 0.25) is 0 Å². The summed E-state index contributed by atoms with van der Waals surface area (Å²) in [6, 6.07) is 4.22. The topological polar surface area (TPSA) is 30.3 Å². The summed E-state index contributed by atoms with van der Waals surface area (Å²) in [5.74, 6) is 0.961. The molecule has 1 heterocycles. The van der Waals surface area contributed by atoms with E-state index in [-0.39, 0.29) is 0 Å². The summed E-state index contributed by atoms with van der Waals surface area (Å²) in [4.78, 5) is 2.31. The van der Waals surface area contributed by atoms with Gasteiger partial charge in [0, 0.05) is 31.4 Å². The predicted molar refractivity (Wildman–Crippen MR) is 85.5 cm³/mol. The van der Waals surface area contributed by atoms with Gasteiger partial charge in [0.15, 0.2) is 0 Å². The van der Waals surface area contributed by atoms with Crippen LogP contribution in [0.15, 0.2) is 24.5 Å². The van der Waals surface area contributed by atoms with E-state index in [1.54, 1.807) is 7.11 Å². The first-order valence-electron chi connectivity index (χ1n) is 7.38. The van der Waals surface area contributed by atoms with Crippen LogP contribution in [0.3, 0.4) is 0 Å². The van der Waals surface area contributed by atoms with E-state index in [2.05, 4.69) is 56.1 Å². The lowest BCUT2D eigenvalue weighted by Gasteiger charge is -2.19. The second-order valence-corrected chi connectivity index (χ2v) is 5.55. The van der Waals surface area contributed by atoms with Crippen molar-refractivity contribution in [2.45, 2.75) is 40.4 Å². The summed E-state index contributed by atoms with van der Waals surface area (Å²) in [6.45, 7) is 9.13. The van der Waals surface area contributed by atoms with E-state index >= 15 is 0 Å². The maximum atomic E-state index is 5.37. The third-order valence-corrected chi connectivity index (χ3v) is 3.97. The van der Waals surface area contributed by atoms with Gasteiger partial charge < -0.3 is 4.74 Å². The Hall–Kier alpha value is -1.81. The van der Waals surface area contributed by atoms with Gasteiger partial charge in [0.1, 0.15) is 5.75 Å². The van der Waals surface area contributed by atoms with Crippen LogP contribution in [0.1, 0.15) is 29.2 Å². The molecule has 0 radical (unpaired) electrons. The summed E-state index contributed by atoms with van der Waals surface area (Å²) in [5.41, 5.74) is 5.13. The van der Waals surface area contributed by atoms with Crippen LogP contribution >= 0.6 is 0 Å². The molecule has 0 amide bonds. The lowest BCUT2D eigenvalue weighted by molar-refractivity contribution is 0.318. The Balaban J connectivity index is 2.05. The molecule has 4 heteroatoms. The predicted octanol–water partition coefficient (Wildman–Crippen LogP) is 3.16. The molecule has 2 aromatic rings. The van der Waals surface area contributed by atoms with Crippen molar-refractivity contribution in [2.24, 2.45) is 0 Å². The molecule has 0 saturated heterocycles. The van der Waals surface area contributed by atoms with Crippen molar-refractivity contribution in [1.29, 1.82) is 0 Å². The minimum Gasteiger partial charge on any atom is -0.496 e.